The molecule has 0 aliphatic carbocycles. The van der Waals surface area contributed by atoms with Crippen LogP contribution < -0.4 is 0 Å². The van der Waals surface area contributed by atoms with Gasteiger partial charge < -0.3 is 18.9 Å². The Labute approximate surface area is 407 Å². The van der Waals surface area contributed by atoms with E-state index in [9.17, 15) is 19.0 Å². The molecule has 0 saturated heterocycles. The van der Waals surface area contributed by atoms with Crippen molar-refractivity contribution in [3.8, 4) is 0 Å². The summed E-state index contributed by atoms with van der Waals surface area (Å²) >= 11 is 0. The Balaban J connectivity index is 4.12. The van der Waals surface area contributed by atoms with Gasteiger partial charge >= 0.3 is 19.8 Å². The van der Waals surface area contributed by atoms with Crippen molar-refractivity contribution in [2.75, 3.05) is 47.5 Å². The van der Waals surface area contributed by atoms with Crippen molar-refractivity contribution in [1.29, 1.82) is 0 Å². The minimum Gasteiger partial charge on any atom is -0.462 e. The summed E-state index contributed by atoms with van der Waals surface area (Å²) in [6.45, 7) is 4.29. The third-order valence-corrected chi connectivity index (χ3v) is 12.9. The van der Waals surface area contributed by atoms with Crippen molar-refractivity contribution in [3.05, 3.63) is 48.6 Å². The van der Waals surface area contributed by atoms with E-state index in [1.807, 2.05) is 21.1 Å². The number of hydrogen-bond acceptors (Lipinski definition) is 7. The zero-order valence-corrected chi connectivity index (χ0v) is 44.6. The molecule has 0 rings (SSSR count). The molecule has 0 radical (unpaired) electrons. The molecule has 2 unspecified atom stereocenters. The quantitative estimate of drug-likeness (QED) is 0.0211. The van der Waals surface area contributed by atoms with Gasteiger partial charge in [0, 0.05) is 12.8 Å². The zero-order valence-electron chi connectivity index (χ0n) is 43.7. The van der Waals surface area contributed by atoms with E-state index in [4.69, 9.17) is 18.5 Å². The molecule has 9 nitrogen and oxygen atoms in total. The van der Waals surface area contributed by atoms with Gasteiger partial charge in [-0.1, -0.05) is 229 Å². The first-order valence-corrected chi connectivity index (χ1v) is 28.9. The van der Waals surface area contributed by atoms with Gasteiger partial charge in [0.1, 0.15) is 19.8 Å². The van der Waals surface area contributed by atoms with Crippen LogP contribution in [0.15, 0.2) is 48.6 Å². The number of unbranched alkanes of at least 4 members (excludes halogenated alkanes) is 28. The number of likely N-dealkylation sites (N-methyl/N-ethyl adjacent to an activating group) is 1. The second-order valence-electron chi connectivity index (χ2n) is 19.6. The van der Waals surface area contributed by atoms with Crippen molar-refractivity contribution in [2.45, 2.75) is 251 Å². The summed E-state index contributed by atoms with van der Waals surface area (Å²) in [7, 11) is 1.45. The molecule has 0 aliphatic heterocycles. The Kier molecular flexibility index (Phi) is 46.5. The van der Waals surface area contributed by atoms with Crippen LogP contribution in [-0.2, 0) is 32.7 Å². The molecule has 1 N–H and O–H groups in total. The smallest absolute Gasteiger partial charge is 0.462 e. The van der Waals surface area contributed by atoms with Crippen LogP contribution in [-0.4, -0.2) is 74.9 Å². The summed E-state index contributed by atoms with van der Waals surface area (Å²) in [5, 5.41) is 0. The lowest BCUT2D eigenvalue weighted by molar-refractivity contribution is -0.870. The number of carbonyl (C=O) groups excluding carboxylic acids is 2. The Morgan fingerprint density at radius 1 is 0.485 bits per heavy atom. The third kappa shape index (κ3) is 51.4. The van der Waals surface area contributed by atoms with Crippen LogP contribution in [0.25, 0.3) is 0 Å². The van der Waals surface area contributed by atoms with Gasteiger partial charge in [-0.2, -0.15) is 0 Å². The number of nitrogens with zero attached hydrogens (tertiary/aromatic N) is 1. The highest BCUT2D eigenvalue weighted by atomic mass is 31.2. The lowest BCUT2D eigenvalue weighted by atomic mass is 10.0. The van der Waals surface area contributed by atoms with Crippen molar-refractivity contribution in [2.24, 2.45) is 0 Å². The number of carbonyl (C=O) groups is 2. The molecule has 10 heteroatoms. The minimum atomic E-state index is -4.39. The molecule has 2 atom stereocenters. The molecule has 0 bridgehead atoms. The van der Waals surface area contributed by atoms with Gasteiger partial charge in [-0.15, -0.1) is 0 Å². The fourth-order valence-electron chi connectivity index (χ4n) is 7.65. The SMILES string of the molecule is CC/C=C\C/C=C\C/C=C\C/C=C\CCCCC(=O)OC(COC(=O)CCCCCCCCCCCCCCCCCCCCCCCCCCCCC)COP(=O)(O)OCC[N+](C)(C)C. The molecule has 0 saturated carbocycles. The maximum Gasteiger partial charge on any atom is 0.472 e. The number of phosphoric ester groups is 1. The maximum absolute atomic E-state index is 12.7. The number of esters is 2. The second-order valence-corrected chi connectivity index (χ2v) is 21.0. The predicted molar refractivity (Wildman–Crippen MR) is 280 cm³/mol. The molecule has 0 spiro atoms. The van der Waals surface area contributed by atoms with Crippen LogP contribution in [0.4, 0.5) is 0 Å². The summed E-state index contributed by atoms with van der Waals surface area (Å²) in [5.74, 6) is -0.839. The summed E-state index contributed by atoms with van der Waals surface area (Å²) < 4.78 is 34.4. The number of phosphoric acid groups is 1. The lowest BCUT2D eigenvalue weighted by Crippen LogP contribution is -2.37. The number of allylic oxidation sites excluding steroid dienone is 8. The Morgan fingerprint density at radius 3 is 1.29 bits per heavy atom. The van der Waals surface area contributed by atoms with Crippen LogP contribution in [0.1, 0.15) is 245 Å². The van der Waals surface area contributed by atoms with Crippen molar-refractivity contribution >= 4 is 19.8 Å². The van der Waals surface area contributed by atoms with E-state index < -0.39 is 26.5 Å². The van der Waals surface area contributed by atoms with Crippen LogP contribution in [0.3, 0.4) is 0 Å². The van der Waals surface area contributed by atoms with Crippen LogP contribution >= 0.6 is 7.82 Å². The van der Waals surface area contributed by atoms with Crippen LogP contribution in [0.5, 0.6) is 0 Å². The molecule has 66 heavy (non-hydrogen) atoms. The summed E-state index contributed by atoms with van der Waals surface area (Å²) in [5.41, 5.74) is 0. The summed E-state index contributed by atoms with van der Waals surface area (Å²) in [4.78, 5) is 35.5. The lowest BCUT2D eigenvalue weighted by Gasteiger charge is -2.24. The van der Waals surface area contributed by atoms with E-state index in [0.717, 1.165) is 57.8 Å². The highest BCUT2D eigenvalue weighted by Crippen LogP contribution is 2.43. The molecule has 0 amide bonds. The molecule has 386 valence electrons. The van der Waals surface area contributed by atoms with Crippen molar-refractivity contribution < 1.29 is 42.1 Å². The van der Waals surface area contributed by atoms with Crippen LogP contribution in [0.2, 0.25) is 0 Å². The van der Waals surface area contributed by atoms with Gasteiger partial charge in [-0.05, 0) is 51.4 Å². The molecule has 0 aromatic rings. The van der Waals surface area contributed by atoms with E-state index in [2.05, 4.69) is 62.5 Å². The van der Waals surface area contributed by atoms with Gasteiger partial charge in [-0.25, -0.2) is 4.57 Å². The Bertz CT molecular complexity index is 1260. The fourth-order valence-corrected chi connectivity index (χ4v) is 8.40. The van der Waals surface area contributed by atoms with E-state index in [-0.39, 0.29) is 32.0 Å². The van der Waals surface area contributed by atoms with Crippen molar-refractivity contribution in [1.82, 2.24) is 0 Å². The fraction of sp³-hybridized carbons (Fsp3) is 0.821. The molecule has 0 heterocycles. The molecule has 0 aromatic heterocycles. The normalized spacial score (nSPS) is 13.7. The van der Waals surface area contributed by atoms with Crippen LogP contribution in [0, 0.1) is 0 Å². The number of quaternary nitrogens is 1. The monoisotopic (exact) mass is 951 g/mol. The van der Waals surface area contributed by atoms with Gasteiger partial charge in [0.15, 0.2) is 6.10 Å². The predicted octanol–water partition coefficient (Wildman–Crippen LogP) is 16.6. The standard InChI is InChI=1S/C56H104NO8P/c1-6-8-10-12-14-16-18-20-22-23-24-25-26-27-28-29-30-31-32-33-35-36-38-40-42-44-46-48-55(58)62-52-54(53-64-66(60,61)63-51-50-57(3,4)5)65-56(59)49-47-45-43-41-39-37-34-21-19-17-15-13-11-9-7-2/h9,11,15,17,21,34,39,41,54H,6-8,10,12-14,16,18-20,22-33,35-38,40,42-53H2,1-5H3/p+1/b11-9-,17-15-,34-21-,41-39-. The first kappa shape index (κ1) is 64.0. The van der Waals surface area contributed by atoms with E-state index in [0.29, 0.717) is 17.4 Å². The topological polar surface area (TPSA) is 108 Å². The summed E-state index contributed by atoms with van der Waals surface area (Å²) in [6, 6.07) is 0. The Morgan fingerprint density at radius 2 is 0.864 bits per heavy atom. The third-order valence-electron chi connectivity index (χ3n) is 11.9. The van der Waals surface area contributed by atoms with Gasteiger partial charge in [0.05, 0.1) is 27.7 Å². The van der Waals surface area contributed by atoms with E-state index in [1.54, 1.807) is 0 Å². The van der Waals surface area contributed by atoms with E-state index >= 15 is 0 Å². The van der Waals surface area contributed by atoms with Crippen molar-refractivity contribution in [3.63, 3.8) is 0 Å². The highest BCUT2D eigenvalue weighted by Gasteiger charge is 2.27. The highest BCUT2D eigenvalue weighted by molar-refractivity contribution is 7.47. The average molecular weight is 951 g/mol. The molecular weight excluding hydrogens is 846 g/mol. The molecule has 0 aliphatic rings. The van der Waals surface area contributed by atoms with Gasteiger partial charge in [0.2, 0.25) is 0 Å². The minimum absolute atomic E-state index is 0.0235. The second kappa shape index (κ2) is 48.0. The first-order valence-electron chi connectivity index (χ1n) is 27.4. The average Bonchev–Trinajstić information content (AvgIpc) is 3.27. The summed E-state index contributed by atoms with van der Waals surface area (Å²) in [6.07, 6.45) is 59.1. The maximum atomic E-state index is 12.7. The first-order chi connectivity index (χ1) is 32.0. The number of ether oxygens (including phenoxy) is 2. The van der Waals surface area contributed by atoms with Gasteiger partial charge in [-0.3, -0.25) is 18.6 Å². The molecule has 0 fully saturated rings. The van der Waals surface area contributed by atoms with E-state index in [1.165, 1.54) is 154 Å². The number of hydrogen-bond donors (Lipinski definition) is 1. The largest absolute Gasteiger partial charge is 0.472 e. The van der Waals surface area contributed by atoms with Gasteiger partial charge in [0.25, 0.3) is 0 Å². The Hall–Kier alpha value is -2.03. The molecular formula is C56H105NO8P+. The number of rotatable bonds is 50. The zero-order chi connectivity index (χ0) is 48.5. The molecule has 0 aromatic carbocycles.